The molecule has 0 aliphatic heterocycles. The third kappa shape index (κ3) is 3.12. The first-order valence-corrected chi connectivity index (χ1v) is 5.74. The number of hydrogen-bond donors (Lipinski definition) is 3. The summed E-state index contributed by atoms with van der Waals surface area (Å²) >= 11 is 0. The SMILES string of the molecule is CNC(=O)CCNc1c(N)c(C(C)C)nn1C. The largest absolute Gasteiger partial charge is 0.394 e. The molecule has 6 nitrogen and oxygen atoms in total. The van der Waals surface area contributed by atoms with Crippen molar-refractivity contribution in [2.75, 3.05) is 24.6 Å². The van der Waals surface area contributed by atoms with Gasteiger partial charge in [0.15, 0.2) is 0 Å². The Morgan fingerprint density at radius 1 is 1.53 bits per heavy atom. The van der Waals surface area contributed by atoms with Crippen LogP contribution in [0.15, 0.2) is 0 Å². The molecule has 0 saturated carbocycles. The van der Waals surface area contributed by atoms with Crippen LogP contribution in [0.2, 0.25) is 0 Å². The summed E-state index contributed by atoms with van der Waals surface area (Å²) < 4.78 is 1.72. The van der Waals surface area contributed by atoms with E-state index in [2.05, 4.69) is 15.7 Å². The molecule has 6 heteroatoms. The van der Waals surface area contributed by atoms with Gasteiger partial charge in [0.2, 0.25) is 5.91 Å². The zero-order valence-corrected chi connectivity index (χ0v) is 10.9. The molecule has 17 heavy (non-hydrogen) atoms. The van der Waals surface area contributed by atoms with Crippen LogP contribution in [0.4, 0.5) is 11.5 Å². The topological polar surface area (TPSA) is 85.0 Å². The molecule has 1 rings (SSSR count). The van der Waals surface area contributed by atoms with Crippen molar-refractivity contribution >= 4 is 17.4 Å². The Labute approximate surface area is 102 Å². The summed E-state index contributed by atoms with van der Waals surface area (Å²) in [6.45, 7) is 4.64. The lowest BCUT2D eigenvalue weighted by molar-refractivity contribution is -0.120. The second kappa shape index (κ2) is 5.56. The van der Waals surface area contributed by atoms with Gasteiger partial charge >= 0.3 is 0 Å². The molecule has 0 bridgehead atoms. The van der Waals surface area contributed by atoms with Gasteiger partial charge in [-0.15, -0.1) is 0 Å². The maximum absolute atomic E-state index is 11.1. The Hall–Kier alpha value is -1.72. The molecule has 0 aliphatic carbocycles. The van der Waals surface area contributed by atoms with Gasteiger partial charge in [-0.2, -0.15) is 5.10 Å². The van der Waals surface area contributed by atoms with Crippen LogP contribution in [0.1, 0.15) is 31.9 Å². The normalized spacial score (nSPS) is 10.6. The van der Waals surface area contributed by atoms with Crippen LogP contribution in [-0.4, -0.2) is 29.3 Å². The summed E-state index contributed by atoms with van der Waals surface area (Å²) in [4.78, 5) is 11.1. The number of nitrogen functional groups attached to an aromatic ring is 1. The standard InChI is InChI=1S/C11H21N5O/c1-7(2)10-9(12)11(16(4)15-10)14-6-5-8(17)13-3/h7,14H,5-6,12H2,1-4H3,(H,13,17). The van der Waals surface area contributed by atoms with Gasteiger partial charge in [0.1, 0.15) is 5.82 Å². The highest BCUT2D eigenvalue weighted by molar-refractivity contribution is 5.76. The minimum atomic E-state index is 0.00215. The summed E-state index contributed by atoms with van der Waals surface area (Å²) in [6, 6.07) is 0. The number of hydrogen-bond acceptors (Lipinski definition) is 4. The quantitative estimate of drug-likeness (QED) is 0.705. The molecule has 0 atom stereocenters. The Bertz CT molecular complexity index is 397. The predicted molar refractivity (Wildman–Crippen MR) is 68.9 cm³/mol. The second-order valence-corrected chi connectivity index (χ2v) is 4.28. The predicted octanol–water partition coefficient (Wildman–Crippen LogP) is 0.674. The van der Waals surface area contributed by atoms with E-state index in [9.17, 15) is 4.79 Å². The number of aryl methyl sites for hydroxylation is 1. The maximum atomic E-state index is 11.1. The van der Waals surface area contributed by atoms with E-state index in [1.807, 2.05) is 20.9 Å². The van der Waals surface area contributed by atoms with Crippen molar-refractivity contribution in [1.82, 2.24) is 15.1 Å². The lowest BCUT2D eigenvalue weighted by Crippen LogP contribution is -2.21. The number of nitrogens with two attached hydrogens (primary N) is 1. The highest BCUT2D eigenvalue weighted by Gasteiger charge is 2.15. The highest BCUT2D eigenvalue weighted by atomic mass is 16.1. The molecule has 0 radical (unpaired) electrons. The van der Waals surface area contributed by atoms with E-state index >= 15 is 0 Å². The fourth-order valence-electron chi connectivity index (χ4n) is 1.62. The summed E-state index contributed by atoms with van der Waals surface area (Å²) in [5.41, 5.74) is 7.56. The van der Waals surface area contributed by atoms with Crippen LogP contribution in [0.25, 0.3) is 0 Å². The number of anilines is 2. The summed E-state index contributed by atoms with van der Waals surface area (Å²) in [5, 5.41) is 10.1. The first-order valence-electron chi connectivity index (χ1n) is 5.74. The van der Waals surface area contributed by atoms with E-state index in [1.54, 1.807) is 11.7 Å². The highest BCUT2D eigenvalue weighted by Crippen LogP contribution is 2.27. The van der Waals surface area contributed by atoms with Crippen molar-refractivity contribution in [3.63, 3.8) is 0 Å². The van der Waals surface area contributed by atoms with Gasteiger partial charge in [0, 0.05) is 27.1 Å². The fourth-order valence-corrected chi connectivity index (χ4v) is 1.62. The molecule has 96 valence electrons. The summed E-state index contributed by atoms with van der Waals surface area (Å²) in [7, 11) is 3.46. The van der Waals surface area contributed by atoms with Crippen LogP contribution in [-0.2, 0) is 11.8 Å². The van der Waals surface area contributed by atoms with Crippen LogP contribution in [0, 0.1) is 0 Å². The zero-order valence-electron chi connectivity index (χ0n) is 10.9. The monoisotopic (exact) mass is 239 g/mol. The van der Waals surface area contributed by atoms with Crippen molar-refractivity contribution in [2.24, 2.45) is 7.05 Å². The number of carbonyl (C=O) groups excluding carboxylic acids is 1. The van der Waals surface area contributed by atoms with E-state index in [-0.39, 0.29) is 11.8 Å². The zero-order chi connectivity index (χ0) is 13.0. The molecule has 0 spiro atoms. The molecule has 4 N–H and O–H groups in total. The molecule has 1 amide bonds. The van der Waals surface area contributed by atoms with Gasteiger partial charge in [-0.1, -0.05) is 13.8 Å². The number of nitrogens with one attached hydrogen (secondary N) is 2. The molecule has 0 aliphatic rings. The number of aromatic nitrogens is 2. The average Bonchev–Trinajstić information content (AvgIpc) is 2.56. The third-order valence-electron chi connectivity index (χ3n) is 2.58. The lowest BCUT2D eigenvalue weighted by atomic mass is 10.1. The van der Waals surface area contributed by atoms with Gasteiger partial charge in [-0.05, 0) is 5.92 Å². The molecule has 1 aromatic rings. The minimum absolute atomic E-state index is 0.00215. The van der Waals surface area contributed by atoms with E-state index in [4.69, 9.17) is 5.73 Å². The molecule has 1 heterocycles. The van der Waals surface area contributed by atoms with Gasteiger partial charge in [0.05, 0.1) is 11.4 Å². The van der Waals surface area contributed by atoms with Crippen LogP contribution in [0.5, 0.6) is 0 Å². The van der Waals surface area contributed by atoms with Crippen molar-refractivity contribution in [1.29, 1.82) is 0 Å². The van der Waals surface area contributed by atoms with Crippen LogP contribution >= 0.6 is 0 Å². The number of amides is 1. The Kier molecular flexibility index (Phi) is 4.37. The average molecular weight is 239 g/mol. The van der Waals surface area contributed by atoms with E-state index in [0.29, 0.717) is 18.7 Å². The minimum Gasteiger partial charge on any atom is -0.394 e. The third-order valence-corrected chi connectivity index (χ3v) is 2.58. The molecular weight excluding hydrogens is 218 g/mol. The van der Waals surface area contributed by atoms with Crippen molar-refractivity contribution in [3.8, 4) is 0 Å². The van der Waals surface area contributed by atoms with Gasteiger partial charge in [-0.3, -0.25) is 9.48 Å². The molecule has 0 saturated heterocycles. The summed E-state index contributed by atoms with van der Waals surface area (Å²) in [5.74, 6) is 1.07. The number of nitrogens with zero attached hydrogens (tertiary/aromatic N) is 2. The Balaban J connectivity index is 2.68. The van der Waals surface area contributed by atoms with Crippen LogP contribution < -0.4 is 16.4 Å². The second-order valence-electron chi connectivity index (χ2n) is 4.28. The van der Waals surface area contributed by atoms with Crippen molar-refractivity contribution < 1.29 is 4.79 Å². The fraction of sp³-hybridized carbons (Fsp3) is 0.636. The molecule has 0 unspecified atom stereocenters. The lowest BCUT2D eigenvalue weighted by Gasteiger charge is -2.07. The van der Waals surface area contributed by atoms with Crippen LogP contribution in [0.3, 0.4) is 0 Å². The number of rotatable bonds is 5. The first kappa shape index (κ1) is 13.3. The summed E-state index contributed by atoms with van der Waals surface area (Å²) in [6.07, 6.45) is 0.415. The Morgan fingerprint density at radius 3 is 2.65 bits per heavy atom. The Morgan fingerprint density at radius 2 is 2.18 bits per heavy atom. The van der Waals surface area contributed by atoms with E-state index in [0.717, 1.165) is 11.5 Å². The van der Waals surface area contributed by atoms with Gasteiger partial charge in [0.25, 0.3) is 0 Å². The smallest absolute Gasteiger partial charge is 0.221 e. The molecule has 0 fully saturated rings. The molecule has 0 aromatic carbocycles. The van der Waals surface area contributed by atoms with Crippen molar-refractivity contribution in [3.05, 3.63) is 5.69 Å². The van der Waals surface area contributed by atoms with Crippen molar-refractivity contribution in [2.45, 2.75) is 26.2 Å². The molecule has 1 aromatic heterocycles. The van der Waals surface area contributed by atoms with Gasteiger partial charge in [-0.25, -0.2) is 0 Å². The van der Waals surface area contributed by atoms with E-state index in [1.165, 1.54) is 0 Å². The first-order chi connectivity index (χ1) is 7.97. The molecular formula is C11H21N5O. The number of carbonyl (C=O) groups is 1. The maximum Gasteiger partial charge on any atom is 0.221 e. The van der Waals surface area contributed by atoms with Gasteiger partial charge < -0.3 is 16.4 Å². The van der Waals surface area contributed by atoms with E-state index < -0.39 is 0 Å².